The molecule has 0 aliphatic heterocycles. The molecule has 0 saturated heterocycles. The Balaban J connectivity index is 0.981. The van der Waals surface area contributed by atoms with E-state index < -0.39 is 0 Å². The van der Waals surface area contributed by atoms with Gasteiger partial charge in [-0.3, -0.25) is 0 Å². The van der Waals surface area contributed by atoms with Gasteiger partial charge in [-0.1, -0.05) is 133 Å². The first-order valence-electron chi connectivity index (χ1n) is 18.5. The molecule has 8 aromatic carbocycles. The molecule has 0 fully saturated rings. The molecule has 56 heavy (non-hydrogen) atoms. The van der Waals surface area contributed by atoms with Crippen LogP contribution in [0.3, 0.4) is 0 Å². The number of fused-ring (bicyclic) bond motifs is 2. The first kappa shape index (κ1) is 33.3. The summed E-state index contributed by atoms with van der Waals surface area (Å²) < 4.78 is 1.20. The van der Waals surface area contributed by atoms with Crippen LogP contribution in [0, 0.1) is 0 Å². The summed E-state index contributed by atoms with van der Waals surface area (Å²) >= 11 is 1.72. The predicted octanol–water partition coefficient (Wildman–Crippen LogP) is 13.4. The quantitative estimate of drug-likeness (QED) is 0.155. The van der Waals surface area contributed by atoms with E-state index in [1.54, 1.807) is 11.3 Å². The van der Waals surface area contributed by atoms with Gasteiger partial charge < -0.3 is 4.90 Å². The van der Waals surface area contributed by atoms with Crippen molar-refractivity contribution in [1.82, 2.24) is 19.9 Å². The maximum absolute atomic E-state index is 4.92. The monoisotopic (exact) mass is 735 g/mol. The summed E-state index contributed by atoms with van der Waals surface area (Å²) in [7, 11) is 0. The summed E-state index contributed by atoms with van der Waals surface area (Å²) in [5, 5.41) is 3.37. The Morgan fingerprint density at radius 1 is 0.321 bits per heavy atom. The molecule has 5 nitrogen and oxygen atoms in total. The van der Waals surface area contributed by atoms with E-state index in [4.69, 9.17) is 19.9 Å². The van der Waals surface area contributed by atoms with Crippen LogP contribution >= 0.6 is 11.3 Å². The first-order valence-corrected chi connectivity index (χ1v) is 19.4. The van der Waals surface area contributed by atoms with Gasteiger partial charge in [0.25, 0.3) is 0 Å². The lowest BCUT2D eigenvalue weighted by Crippen LogP contribution is -2.09. The van der Waals surface area contributed by atoms with Crippen molar-refractivity contribution in [2.75, 3.05) is 4.90 Å². The largest absolute Gasteiger partial charge is 0.310 e. The Kier molecular flexibility index (Phi) is 8.63. The van der Waals surface area contributed by atoms with Crippen molar-refractivity contribution in [2.45, 2.75) is 0 Å². The van der Waals surface area contributed by atoms with Crippen molar-refractivity contribution in [3.05, 3.63) is 200 Å². The molecule has 0 saturated carbocycles. The standard InChI is InChI=1S/C50H33N5S/c1-4-12-36(13-5-1)47-52-48(37-14-6-2-7-15-37)54-49(53-47)38-23-20-34(21-24-38)40-25-22-35-26-31-44(33-41(35)32-40)55(42-16-8-3-9-17-42)43-29-27-39(28-30-43)50-51-45-18-10-11-19-46(45)56-50/h1-33H. The molecule has 0 amide bonds. The molecular formula is C50H33N5S. The highest BCUT2D eigenvalue weighted by Crippen LogP contribution is 2.39. The van der Waals surface area contributed by atoms with Crippen molar-refractivity contribution in [2.24, 2.45) is 0 Å². The van der Waals surface area contributed by atoms with E-state index in [1.165, 1.54) is 10.1 Å². The van der Waals surface area contributed by atoms with Crippen LogP contribution in [-0.2, 0) is 0 Å². The van der Waals surface area contributed by atoms with Crippen molar-refractivity contribution in [3.8, 4) is 55.9 Å². The number of benzene rings is 8. The van der Waals surface area contributed by atoms with Crippen molar-refractivity contribution in [3.63, 3.8) is 0 Å². The molecule has 0 aliphatic carbocycles. The summed E-state index contributed by atoms with van der Waals surface area (Å²) in [5.74, 6) is 1.94. The smallest absolute Gasteiger partial charge is 0.164 e. The Bertz CT molecular complexity index is 2860. The number of nitrogens with zero attached hydrogens (tertiary/aromatic N) is 5. The third-order valence-electron chi connectivity index (χ3n) is 9.94. The number of aromatic nitrogens is 4. The second-order valence-electron chi connectivity index (χ2n) is 13.6. The van der Waals surface area contributed by atoms with Gasteiger partial charge in [-0.15, -0.1) is 11.3 Å². The predicted molar refractivity (Wildman–Crippen MR) is 232 cm³/mol. The second-order valence-corrected chi connectivity index (χ2v) is 14.6. The first-order chi connectivity index (χ1) is 27.7. The topological polar surface area (TPSA) is 54.8 Å². The average molecular weight is 736 g/mol. The van der Waals surface area contributed by atoms with E-state index in [1.807, 2.05) is 66.7 Å². The lowest BCUT2D eigenvalue weighted by atomic mass is 9.99. The average Bonchev–Trinajstić information content (AvgIpc) is 3.72. The minimum Gasteiger partial charge on any atom is -0.310 e. The fraction of sp³-hybridized carbons (Fsp3) is 0. The van der Waals surface area contributed by atoms with Crippen LogP contribution in [0.25, 0.3) is 76.9 Å². The van der Waals surface area contributed by atoms with Crippen LogP contribution in [0.2, 0.25) is 0 Å². The number of rotatable bonds is 8. The van der Waals surface area contributed by atoms with Crippen LogP contribution in [-0.4, -0.2) is 19.9 Å². The van der Waals surface area contributed by atoms with E-state index in [0.29, 0.717) is 17.5 Å². The maximum atomic E-state index is 4.92. The van der Waals surface area contributed by atoms with E-state index in [0.717, 1.165) is 66.4 Å². The van der Waals surface area contributed by atoms with Crippen LogP contribution in [0.5, 0.6) is 0 Å². The van der Waals surface area contributed by atoms with Crippen LogP contribution < -0.4 is 4.90 Å². The molecule has 10 rings (SSSR count). The normalized spacial score (nSPS) is 11.2. The number of hydrogen-bond acceptors (Lipinski definition) is 6. The number of hydrogen-bond donors (Lipinski definition) is 0. The molecule has 2 heterocycles. The Morgan fingerprint density at radius 2 is 0.804 bits per heavy atom. The molecule has 0 N–H and O–H groups in total. The van der Waals surface area contributed by atoms with Gasteiger partial charge in [-0.05, 0) is 88.6 Å². The molecule has 6 heteroatoms. The maximum Gasteiger partial charge on any atom is 0.164 e. The van der Waals surface area contributed by atoms with Gasteiger partial charge >= 0.3 is 0 Å². The summed E-state index contributed by atoms with van der Waals surface area (Å²) in [6.45, 7) is 0. The Morgan fingerprint density at radius 3 is 1.45 bits per heavy atom. The highest BCUT2D eigenvalue weighted by Gasteiger charge is 2.16. The molecule has 0 bridgehead atoms. The van der Waals surface area contributed by atoms with Crippen LogP contribution in [0.15, 0.2) is 200 Å². The van der Waals surface area contributed by atoms with Crippen molar-refractivity contribution in [1.29, 1.82) is 0 Å². The molecular weight excluding hydrogens is 703 g/mol. The van der Waals surface area contributed by atoms with Crippen LogP contribution in [0.1, 0.15) is 0 Å². The third-order valence-corrected chi connectivity index (χ3v) is 11.0. The number of thiazole rings is 1. The Hall–Kier alpha value is -7.28. The highest BCUT2D eigenvalue weighted by molar-refractivity contribution is 7.21. The van der Waals surface area contributed by atoms with E-state index in [9.17, 15) is 0 Å². The third kappa shape index (κ3) is 6.59. The summed E-state index contributed by atoms with van der Waals surface area (Å²) in [4.78, 5) is 21.9. The zero-order valence-electron chi connectivity index (χ0n) is 30.2. The fourth-order valence-corrected chi connectivity index (χ4v) is 8.05. The molecule has 0 radical (unpaired) electrons. The van der Waals surface area contributed by atoms with Crippen LogP contribution in [0.4, 0.5) is 17.1 Å². The molecule has 0 atom stereocenters. The van der Waals surface area contributed by atoms with Crippen molar-refractivity contribution >= 4 is 49.4 Å². The van der Waals surface area contributed by atoms with Gasteiger partial charge in [-0.25, -0.2) is 19.9 Å². The molecule has 2 aromatic heterocycles. The highest BCUT2D eigenvalue weighted by atomic mass is 32.1. The van der Waals surface area contributed by atoms with Gasteiger partial charge in [0.15, 0.2) is 17.5 Å². The summed E-state index contributed by atoms with van der Waals surface area (Å²) in [6.07, 6.45) is 0. The van der Waals surface area contributed by atoms with Gasteiger partial charge in [0, 0.05) is 39.3 Å². The number of para-hydroxylation sites is 2. The SMILES string of the molecule is c1ccc(-c2nc(-c3ccccc3)nc(-c3ccc(-c4ccc5ccc(N(c6ccccc6)c6ccc(-c7nc8ccccc8s7)cc6)cc5c4)cc3)n2)cc1. The molecule has 10 aromatic rings. The van der Waals surface area contributed by atoms with Crippen molar-refractivity contribution < 1.29 is 0 Å². The van der Waals surface area contributed by atoms with E-state index in [2.05, 4.69) is 138 Å². The van der Waals surface area contributed by atoms with Gasteiger partial charge in [0.1, 0.15) is 5.01 Å². The van der Waals surface area contributed by atoms with Gasteiger partial charge in [0.2, 0.25) is 0 Å². The summed E-state index contributed by atoms with van der Waals surface area (Å²) in [5.41, 5.74) is 10.5. The van der Waals surface area contributed by atoms with Gasteiger partial charge in [0.05, 0.1) is 10.2 Å². The zero-order valence-corrected chi connectivity index (χ0v) is 31.0. The lowest BCUT2D eigenvalue weighted by molar-refractivity contribution is 1.07. The molecule has 0 spiro atoms. The van der Waals surface area contributed by atoms with Gasteiger partial charge in [-0.2, -0.15) is 0 Å². The van der Waals surface area contributed by atoms with E-state index in [-0.39, 0.29) is 0 Å². The number of anilines is 3. The minimum atomic E-state index is 0.640. The zero-order chi connectivity index (χ0) is 37.3. The van der Waals surface area contributed by atoms with E-state index >= 15 is 0 Å². The molecule has 0 aliphatic rings. The fourth-order valence-electron chi connectivity index (χ4n) is 7.08. The minimum absolute atomic E-state index is 0.640. The Labute approximate surface area is 328 Å². The lowest BCUT2D eigenvalue weighted by Gasteiger charge is -2.26. The molecule has 0 unspecified atom stereocenters. The second kappa shape index (κ2) is 14.5. The molecule has 264 valence electrons. The summed E-state index contributed by atoms with van der Waals surface area (Å²) in [6, 6.07) is 69.6.